The monoisotopic (exact) mass is 486 g/mol. The molecular weight excluding hydrogens is 464 g/mol. The summed E-state index contributed by atoms with van der Waals surface area (Å²) < 4.78 is 0. The fraction of sp³-hybridized carbons (Fsp3) is 0.185. The molecule has 2 aromatic carbocycles. The van der Waals surface area contributed by atoms with Gasteiger partial charge in [0.05, 0.1) is 18.8 Å². The Labute approximate surface area is 208 Å². The van der Waals surface area contributed by atoms with E-state index in [1.807, 2.05) is 24.3 Å². The molecule has 1 aromatic heterocycles. The zero-order chi connectivity index (χ0) is 24.4. The van der Waals surface area contributed by atoms with E-state index < -0.39 is 0 Å². The number of pyridine rings is 1. The van der Waals surface area contributed by atoms with Crippen LogP contribution in [0.5, 0.6) is 0 Å². The lowest BCUT2D eigenvalue weighted by Crippen LogP contribution is -2.39. The summed E-state index contributed by atoms with van der Waals surface area (Å²) in [6, 6.07) is 15.7. The van der Waals surface area contributed by atoms with Crippen molar-refractivity contribution in [2.75, 3.05) is 24.5 Å². The second kappa shape index (κ2) is 9.72. The van der Waals surface area contributed by atoms with E-state index in [0.717, 1.165) is 16.8 Å². The zero-order valence-corrected chi connectivity index (χ0v) is 19.7. The molecule has 2 aliphatic heterocycles. The summed E-state index contributed by atoms with van der Waals surface area (Å²) in [5, 5.41) is 0.541. The minimum atomic E-state index is -0.245. The topological polar surface area (TPSA) is 73.8 Å². The van der Waals surface area contributed by atoms with Gasteiger partial charge in [0.15, 0.2) is 0 Å². The molecule has 0 unspecified atom stereocenters. The molecule has 0 spiro atoms. The van der Waals surface area contributed by atoms with Crippen molar-refractivity contribution >= 4 is 35.0 Å². The van der Waals surface area contributed by atoms with Crippen LogP contribution in [0, 0.1) is 0 Å². The third-order valence-corrected chi connectivity index (χ3v) is 6.43. The average molecular weight is 487 g/mol. The maximum absolute atomic E-state index is 13.4. The Morgan fingerprint density at radius 2 is 1.46 bits per heavy atom. The fourth-order valence-electron chi connectivity index (χ4n) is 4.30. The van der Waals surface area contributed by atoms with Gasteiger partial charge in [-0.1, -0.05) is 35.9 Å². The summed E-state index contributed by atoms with van der Waals surface area (Å²) in [5.74, 6) is -0.452. The molecule has 3 heterocycles. The molecule has 0 fully saturated rings. The van der Waals surface area contributed by atoms with E-state index in [9.17, 15) is 14.4 Å². The van der Waals surface area contributed by atoms with Crippen LogP contribution in [0.15, 0.2) is 79.1 Å². The third-order valence-electron chi connectivity index (χ3n) is 6.18. The molecule has 3 aromatic rings. The number of anilines is 1. The van der Waals surface area contributed by atoms with Gasteiger partial charge in [0.1, 0.15) is 6.54 Å². The first kappa shape index (κ1) is 22.8. The van der Waals surface area contributed by atoms with Crippen LogP contribution in [0.1, 0.15) is 31.8 Å². The standard InChI is InChI=1S/C27H23ClN4O3/c28-23-9-7-21(8-10-23)27(35)31-17-22-15-29-12-11-24(22)32(25(33)18-31)16-19-3-5-20(6-4-19)26(34)30-13-1-2-14-30/h1-12,15H,13-14,16-18H2. The number of rotatable bonds is 4. The van der Waals surface area contributed by atoms with E-state index in [1.54, 1.807) is 64.7 Å². The summed E-state index contributed by atoms with van der Waals surface area (Å²) in [4.78, 5) is 48.3. The maximum Gasteiger partial charge on any atom is 0.254 e. The lowest BCUT2D eigenvalue weighted by atomic mass is 10.1. The van der Waals surface area contributed by atoms with Gasteiger partial charge >= 0.3 is 0 Å². The lowest BCUT2D eigenvalue weighted by molar-refractivity contribution is -0.119. The van der Waals surface area contributed by atoms with Crippen molar-refractivity contribution in [3.05, 3.63) is 106 Å². The van der Waals surface area contributed by atoms with Crippen LogP contribution < -0.4 is 4.90 Å². The van der Waals surface area contributed by atoms with Crippen LogP contribution in [0.3, 0.4) is 0 Å². The van der Waals surface area contributed by atoms with Crippen LogP contribution in [-0.4, -0.2) is 52.1 Å². The van der Waals surface area contributed by atoms with E-state index in [0.29, 0.717) is 35.8 Å². The van der Waals surface area contributed by atoms with E-state index >= 15 is 0 Å². The number of amides is 3. The van der Waals surface area contributed by atoms with Gasteiger partial charge in [-0.05, 0) is 48.0 Å². The van der Waals surface area contributed by atoms with Crippen LogP contribution in [-0.2, 0) is 17.9 Å². The van der Waals surface area contributed by atoms with Crippen molar-refractivity contribution in [1.29, 1.82) is 0 Å². The van der Waals surface area contributed by atoms with Crippen LogP contribution in [0.4, 0.5) is 5.69 Å². The smallest absolute Gasteiger partial charge is 0.254 e. The number of aromatic nitrogens is 1. The fourth-order valence-corrected chi connectivity index (χ4v) is 4.43. The van der Waals surface area contributed by atoms with Crippen molar-refractivity contribution in [2.45, 2.75) is 13.1 Å². The highest BCUT2D eigenvalue weighted by Crippen LogP contribution is 2.27. The van der Waals surface area contributed by atoms with Gasteiger partial charge in [0.25, 0.3) is 11.8 Å². The molecular formula is C27H23ClN4O3. The molecule has 0 aliphatic carbocycles. The first-order chi connectivity index (χ1) is 17.0. The predicted molar refractivity (Wildman–Crippen MR) is 133 cm³/mol. The molecule has 0 saturated heterocycles. The van der Waals surface area contributed by atoms with Gasteiger partial charge in [-0.3, -0.25) is 19.4 Å². The van der Waals surface area contributed by atoms with Gasteiger partial charge in [0, 0.05) is 47.2 Å². The molecule has 8 heteroatoms. The van der Waals surface area contributed by atoms with Gasteiger partial charge in [-0.25, -0.2) is 0 Å². The molecule has 176 valence electrons. The number of hydrogen-bond donors (Lipinski definition) is 0. The SMILES string of the molecule is O=C(c1ccc(CN2C(=O)CN(C(=O)c3ccc(Cl)cc3)Cc3cnccc32)cc1)N1CC=CC1. The molecule has 5 rings (SSSR count). The number of carbonyl (C=O) groups excluding carboxylic acids is 3. The van der Waals surface area contributed by atoms with E-state index in [4.69, 9.17) is 11.6 Å². The molecule has 35 heavy (non-hydrogen) atoms. The zero-order valence-electron chi connectivity index (χ0n) is 18.9. The van der Waals surface area contributed by atoms with Gasteiger partial charge < -0.3 is 14.7 Å². The number of fused-ring (bicyclic) bond motifs is 1. The Bertz CT molecular complexity index is 1300. The van der Waals surface area contributed by atoms with Crippen molar-refractivity contribution in [1.82, 2.24) is 14.8 Å². The second-order valence-electron chi connectivity index (χ2n) is 8.53. The summed E-state index contributed by atoms with van der Waals surface area (Å²) >= 11 is 5.96. The second-order valence-corrected chi connectivity index (χ2v) is 8.97. The van der Waals surface area contributed by atoms with E-state index in [-0.39, 0.29) is 30.8 Å². The summed E-state index contributed by atoms with van der Waals surface area (Å²) in [7, 11) is 0. The number of halogens is 1. The van der Waals surface area contributed by atoms with Crippen molar-refractivity contribution in [3.63, 3.8) is 0 Å². The van der Waals surface area contributed by atoms with E-state index in [1.165, 1.54) is 4.90 Å². The number of hydrogen-bond acceptors (Lipinski definition) is 4. The van der Waals surface area contributed by atoms with Crippen LogP contribution in [0.2, 0.25) is 5.02 Å². The van der Waals surface area contributed by atoms with E-state index in [2.05, 4.69) is 4.98 Å². The highest BCUT2D eigenvalue weighted by Gasteiger charge is 2.29. The summed E-state index contributed by atoms with van der Waals surface area (Å²) in [6.07, 6.45) is 7.28. The first-order valence-electron chi connectivity index (χ1n) is 11.3. The normalized spacial score (nSPS) is 15.2. The van der Waals surface area contributed by atoms with Crippen molar-refractivity contribution < 1.29 is 14.4 Å². The van der Waals surface area contributed by atoms with Crippen LogP contribution >= 0.6 is 11.6 Å². The quantitative estimate of drug-likeness (QED) is 0.524. The number of carbonyl (C=O) groups is 3. The average Bonchev–Trinajstić information content (AvgIpc) is 3.38. The van der Waals surface area contributed by atoms with Crippen molar-refractivity contribution in [3.8, 4) is 0 Å². The Balaban J connectivity index is 1.37. The van der Waals surface area contributed by atoms with Gasteiger partial charge in [-0.2, -0.15) is 0 Å². The molecule has 0 bridgehead atoms. The largest absolute Gasteiger partial charge is 0.331 e. The minimum Gasteiger partial charge on any atom is -0.331 e. The first-order valence-corrected chi connectivity index (χ1v) is 11.7. The third kappa shape index (κ3) is 4.81. The molecule has 0 N–H and O–H groups in total. The van der Waals surface area contributed by atoms with Gasteiger partial charge in [-0.15, -0.1) is 0 Å². The lowest BCUT2D eigenvalue weighted by Gasteiger charge is -2.23. The maximum atomic E-state index is 13.4. The molecule has 2 aliphatic rings. The highest BCUT2D eigenvalue weighted by molar-refractivity contribution is 6.30. The molecule has 0 saturated carbocycles. The highest BCUT2D eigenvalue weighted by atomic mass is 35.5. The van der Waals surface area contributed by atoms with Crippen LogP contribution in [0.25, 0.3) is 0 Å². The Morgan fingerprint density at radius 1 is 0.829 bits per heavy atom. The number of benzene rings is 2. The molecule has 0 atom stereocenters. The summed E-state index contributed by atoms with van der Waals surface area (Å²) in [6.45, 7) is 1.77. The minimum absolute atomic E-state index is 0.0137. The number of nitrogens with zero attached hydrogens (tertiary/aromatic N) is 4. The van der Waals surface area contributed by atoms with Crippen molar-refractivity contribution in [2.24, 2.45) is 0 Å². The molecule has 3 amide bonds. The molecule has 0 radical (unpaired) electrons. The van der Waals surface area contributed by atoms with Gasteiger partial charge in [0.2, 0.25) is 5.91 Å². The molecule has 7 nitrogen and oxygen atoms in total. The predicted octanol–water partition coefficient (Wildman–Crippen LogP) is 3.94. The summed E-state index contributed by atoms with van der Waals surface area (Å²) in [5.41, 5.74) is 3.47. The Morgan fingerprint density at radius 3 is 2.14 bits per heavy atom. The Hall–Kier alpha value is -3.97. The Kier molecular flexibility index (Phi) is 6.33.